The first-order valence-electron chi connectivity index (χ1n) is 13.3. The molecule has 4 heterocycles. The molecule has 6 rings (SSSR count). The Bertz CT molecular complexity index is 1640. The number of amides is 1. The molecule has 2 aliphatic rings. The highest BCUT2D eigenvalue weighted by atomic mass is 19.4. The lowest BCUT2D eigenvalue weighted by molar-refractivity contribution is -0.140. The third-order valence-electron chi connectivity index (χ3n) is 7.58. The molecule has 1 saturated carbocycles. The van der Waals surface area contributed by atoms with E-state index in [1.165, 1.54) is 30.1 Å². The van der Waals surface area contributed by atoms with Crippen LogP contribution < -0.4 is 9.64 Å². The van der Waals surface area contributed by atoms with Crippen LogP contribution in [0, 0.1) is 5.82 Å². The van der Waals surface area contributed by atoms with Crippen LogP contribution in [-0.4, -0.2) is 42.3 Å². The molecule has 9 nitrogen and oxygen atoms in total. The van der Waals surface area contributed by atoms with E-state index in [1.54, 1.807) is 35.6 Å². The van der Waals surface area contributed by atoms with Crippen molar-refractivity contribution in [3.8, 4) is 28.5 Å². The first-order chi connectivity index (χ1) is 19.6. The van der Waals surface area contributed by atoms with Gasteiger partial charge in [0.1, 0.15) is 29.5 Å². The minimum atomic E-state index is -4.65. The monoisotopic (exact) mass is 569 g/mol. The van der Waals surface area contributed by atoms with Gasteiger partial charge in [0, 0.05) is 31.1 Å². The van der Waals surface area contributed by atoms with Crippen LogP contribution in [0.4, 0.5) is 23.4 Å². The fourth-order valence-electron chi connectivity index (χ4n) is 5.33. The summed E-state index contributed by atoms with van der Waals surface area (Å²) in [6.45, 7) is 3.99. The van der Waals surface area contributed by atoms with Crippen molar-refractivity contribution in [2.75, 3.05) is 12.0 Å². The molecule has 0 radical (unpaired) electrons. The number of hydrogen-bond donors (Lipinski definition) is 0. The third-order valence-corrected chi connectivity index (χ3v) is 7.58. The molecule has 41 heavy (non-hydrogen) atoms. The summed E-state index contributed by atoms with van der Waals surface area (Å²) in [5.41, 5.74) is 1.47. The van der Waals surface area contributed by atoms with Gasteiger partial charge in [0.2, 0.25) is 11.8 Å². The number of aryl methyl sites for hydroxylation is 2. The van der Waals surface area contributed by atoms with E-state index in [4.69, 9.17) is 9.84 Å². The van der Waals surface area contributed by atoms with Gasteiger partial charge in [-0.15, -0.1) is 0 Å². The second-order valence-corrected chi connectivity index (χ2v) is 10.2. The Kier molecular flexibility index (Phi) is 6.54. The molecule has 3 aromatic heterocycles. The molecular weight excluding hydrogens is 542 g/mol. The maximum atomic E-state index is 15.4. The third kappa shape index (κ3) is 4.72. The van der Waals surface area contributed by atoms with Gasteiger partial charge >= 0.3 is 6.18 Å². The van der Waals surface area contributed by atoms with Crippen LogP contribution >= 0.6 is 0 Å². The number of ether oxygens (including phenoxy) is 1. The Morgan fingerprint density at radius 3 is 2.61 bits per heavy atom. The fraction of sp³-hybridized carbons (Fsp3) is 0.393. The van der Waals surface area contributed by atoms with Gasteiger partial charge in [0.05, 0.1) is 36.5 Å². The minimum Gasteiger partial charge on any atom is -0.480 e. The standard InChI is InChI=1S/C28H27F4N7O2/c1-4-37-13-21(28(30,31)32)35-26(37)18-8-7-17(11-19(18)29)15(2)39-22-12-20(36-38(22)10-9-23(39)40)24-25(16-5-6-16)33-14-34-27(24)41-3/h7-8,11-16H,4-6,9-10H2,1-3H3. The van der Waals surface area contributed by atoms with Gasteiger partial charge in [-0.2, -0.15) is 18.3 Å². The van der Waals surface area contributed by atoms with E-state index in [-0.39, 0.29) is 30.3 Å². The number of hydrogen-bond acceptors (Lipinski definition) is 6. The number of carbonyl (C=O) groups is 1. The summed E-state index contributed by atoms with van der Waals surface area (Å²) in [5.74, 6) is 0.239. The predicted octanol–water partition coefficient (Wildman–Crippen LogP) is 5.77. The summed E-state index contributed by atoms with van der Waals surface area (Å²) >= 11 is 0. The number of carbonyl (C=O) groups excluding carboxylic acids is 1. The quantitative estimate of drug-likeness (QED) is 0.263. The van der Waals surface area contributed by atoms with Gasteiger partial charge in [0.15, 0.2) is 5.69 Å². The Morgan fingerprint density at radius 1 is 1.17 bits per heavy atom. The SMILES string of the molecule is CCn1cc(C(F)(F)F)nc1-c1ccc(C(C)N2C(=O)CCn3nc(-c4c(OC)ncnc4C4CC4)cc32)cc1F. The predicted molar refractivity (Wildman–Crippen MR) is 141 cm³/mol. The van der Waals surface area contributed by atoms with Gasteiger partial charge in [0.25, 0.3) is 0 Å². The minimum absolute atomic E-state index is 0.0561. The second kappa shape index (κ2) is 9.96. The number of anilines is 1. The molecule has 0 bridgehead atoms. The summed E-state index contributed by atoms with van der Waals surface area (Å²) in [6, 6.07) is 5.45. The fourth-order valence-corrected chi connectivity index (χ4v) is 5.33. The lowest BCUT2D eigenvalue weighted by atomic mass is 10.0. The lowest BCUT2D eigenvalue weighted by Crippen LogP contribution is -2.39. The maximum Gasteiger partial charge on any atom is 0.434 e. The van der Waals surface area contributed by atoms with E-state index >= 15 is 4.39 Å². The highest BCUT2D eigenvalue weighted by Crippen LogP contribution is 2.46. The molecule has 13 heteroatoms. The zero-order chi connectivity index (χ0) is 29.1. The van der Waals surface area contributed by atoms with Crippen molar-refractivity contribution in [3.63, 3.8) is 0 Å². The second-order valence-electron chi connectivity index (χ2n) is 10.2. The molecule has 1 atom stereocenters. The normalized spacial score (nSPS) is 16.2. The maximum absolute atomic E-state index is 15.4. The summed E-state index contributed by atoms with van der Waals surface area (Å²) in [6.07, 6.45) is -0.0757. The van der Waals surface area contributed by atoms with E-state index in [9.17, 15) is 18.0 Å². The zero-order valence-corrected chi connectivity index (χ0v) is 22.6. The molecular formula is C28H27F4N7O2. The number of benzene rings is 1. The van der Waals surface area contributed by atoms with Gasteiger partial charge in [-0.1, -0.05) is 6.07 Å². The average Bonchev–Trinajstić information content (AvgIpc) is 3.55. The molecule has 0 N–H and O–H groups in total. The lowest BCUT2D eigenvalue weighted by Gasteiger charge is -2.33. The van der Waals surface area contributed by atoms with E-state index < -0.39 is 23.7 Å². The van der Waals surface area contributed by atoms with Crippen molar-refractivity contribution in [1.82, 2.24) is 29.3 Å². The van der Waals surface area contributed by atoms with Crippen molar-refractivity contribution in [3.05, 3.63) is 59.6 Å². The molecule has 0 saturated heterocycles. The Labute approximate surface area is 232 Å². The highest BCUT2D eigenvalue weighted by Gasteiger charge is 2.37. The number of fused-ring (bicyclic) bond motifs is 1. The number of nitrogens with zero attached hydrogens (tertiary/aromatic N) is 7. The van der Waals surface area contributed by atoms with Crippen LogP contribution in [0.25, 0.3) is 22.6 Å². The van der Waals surface area contributed by atoms with Crippen LogP contribution in [0.5, 0.6) is 5.88 Å². The number of rotatable bonds is 7. The van der Waals surface area contributed by atoms with Crippen LogP contribution in [-0.2, 0) is 24.1 Å². The van der Waals surface area contributed by atoms with Crippen LogP contribution in [0.2, 0.25) is 0 Å². The molecule has 1 amide bonds. The van der Waals surface area contributed by atoms with Crippen molar-refractivity contribution in [2.45, 2.75) is 64.3 Å². The van der Waals surface area contributed by atoms with Gasteiger partial charge < -0.3 is 9.30 Å². The number of halogens is 4. The Hall–Kier alpha value is -4.29. The van der Waals surface area contributed by atoms with Gasteiger partial charge in [-0.25, -0.2) is 24.0 Å². The van der Waals surface area contributed by atoms with E-state index in [0.717, 1.165) is 24.7 Å². The van der Waals surface area contributed by atoms with E-state index in [1.807, 2.05) is 0 Å². The van der Waals surface area contributed by atoms with Gasteiger partial charge in [-0.3, -0.25) is 9.69 Å². The van der Waals surface area contributed by atoms with E-state index in [0.29, 0.717) is 41.0 Å². The van der Waals surface area contributed by atoms with Gasteiger partial charge in [-0.05, 0) is 44.4 Å². The summed E-state index contributed by atoms with van der Waals surface area (Å²) in [4.78, 5) is 27.2. The molecule has 1 unspecified atom stereocenters. The topological polar surface area (TPSA) is 91.0 Å². The number of aromatic nitrogens is 6. The molecule has 1 aliphatic heterocycles. The van der Waals surface area contributed by atoms with E-state index in [2.05, 4.69) is 15.0 Å². The summed E-state index contributed by atoms with van der Waals surface area (Å²) in [5, 5.41) is 4.76. The summed E-state index contributed by atoms with van der Waals surface area (Å²) in [7, 11) is 1.53. The van der Waals surface area contributed by atoms with Crippen LogP contribution in [0.3, 0.4) is 0 Å². The zero-order valence-electron chi connectivity index (χ0n) is 22.6. The largest absolute Gasteiger partial charge is 0.480 e. The first kappa shape index (κ1) is 26.9. The van der Waals surface area contributed by atoms with Crippen molar-refractivity contribution in [1.29, 1.82) is 0 Å². The van der Waals surface area contributed by atoms with Crippen LogP contribution in [0.15, 0.2) is 36.8 Å². The number of imidazole rings is 1. The van der Waals surface area contributed by atoms with Crippen LogP contribution in [0.1, 0.15) is 62.0 Å². The summed E-state index contributed by atoms with van der Waals surface area (Å²) < 4.78 is 63.7. The molecule has 4 aromatic rings. The number of methoxy groups -OCH3 is 1. The van der Waals surface area contributed by atoms with Crippen molar-refractivity contribution >= 4 is 11.7 Å². The van der Waals surface area contributed by atoms with Crippen molar-refractivity contribution in [2.24, 2.45) is 0 Å². The molecule has 1 aliphatic carbocycles. The Morgan fingerprint density at radius 2 is 1.95 bits per heavy atom. The molecule has 1 fully saturated rings. The average molecular weight is 570 g/mol. The first-order valence-corrected chi connectivity index (χ1v) is 13.3. The molecule has 214 valence electrons. The van der Waals surface area contributed by atoms with Crippen molar-refractivity contribution < 1.29 is 27.1 Å². The Balaban J connectivity index is 1.36. The molecule has 1 aromatic carbocycles. The number of alkyl halides is 3. The highest BCUT2D eigenvalue weighted by molar-refractivity contribution is 5.95. The smallest absolute Gasteiger partial charge is 0.434 e. The molecule has 0 spiro atoms.